The highest BCUT2D eigenvalue weighted by molar-refractivity contribution is 6.30. The second-order valence-corrected chi connectivity index (χ2v) is 2.14. The van der Waals surface area contributed by atoms with E-state index in [0.29, 0.717) is 5.15 Å². The fraction of sp³-hybridized carbons (Fsp3) is 0.167. The third-order valence-corrected chi connectivity index (χ3v) is 1.39. The van der Waals surface area contributed by atoms with E-state index < -0.39 is 0 Å². The standard InChI is InChI=1S/C6H4ClN3/c1-4-3-9-5(2-8)10-6(4)7/h3H,1H3. The van der Waals surface area contributed by atoms with Gasteiger partial charge in [0.1, 0.15) is 11.2 Å². The van der Waals surface area contributed by atoms with E-state index >= 15 is 0 Å². The minimum Gasteiger partial charge on any atom is -0.227 e. The summed E-state index contributed by atoms with van der Waals surface area (Å²) in [7, 11) is 0. The van der Waals surface area contributed by atoms with Crippen LogP contribution in [-0.4, -0.2) is 9.97 Å². The van der Waals surface area contributed by atoms with Crippen molar-refractivity contribution in [1.29, 1.82) is 5.26 Å². The maximum absolute atomic E-state index is 8.32. The van der Waals surface area contributed by atoms with Crippen molar-refractivity contribution in [3.63, 3.8) is 0 Å². The average molecular weight is 154 g/mol. The summed E-state index contributed by atoms with van der Waals surface area (Å²) in [5.74, 6) is 0.107. The molecule has 0 aromatic carbocycles. The van der Waals surface area contributed by atoms with Gasteiger partial charge in [0, 0.05) is 11.8 Å². The lowest BCUT2D eigenvalue weighted by Gasteiger charge is -1.92. The highest BCUT2D eigenvalue weighted by Gasteiger charge is 1.97. The van der Waals surface area contributed by atoms with E-state index in [1.807, 2.05) is 0 Å². The number of aryl methyl sites for hydroxylation is 1. The van der Waals surface area contributed by atoms with Crippen LogP contribution in [0.3, 0.4) is 0 Å². The molecule has 0 N–H and O–H groups in total. The molecular weight excluding hydrogens is 150 g/mol. The van der Waals surface area contributed by atoms with Crippen LogP contribution in [0.2, 0.25) is 5.15 Å². The monoisotopic (exact) mass is 153 g/mol. The lowest BCUT2D eigenvalue weighted by atomic mass is 10.4. The van der Waals surface area contributed by atoms with Gasteiger partial charge in [0.05, 0.1) is 0 Å². The van der Waals surface area contributed by atoms with E-state index in [2.05, 4.69) is 9.97 Å². The molecule has 0 radical (unpaired) electrons. The van der Waals surface area contributed by atoms with Crippen LogP contribution in [0, 0.1) is 18.3 Å². The average Bonchev–Trinajstić information content (AvgIpc) is 1.95. The zero-order valence-corrected chi connectivity index (χ0v) is 6.05. The second kappa shape index (κ2) is 2.63. The molecule has 4 heteroatoms. The van der Waals surface area contributed by atoms with Crippen LogP contribution in [0.25, 0.3) is 0 Å². The number of halogens is 1. The van der Waals surface area contributed by atoms with Crippen LogP contribution < -0.4 is 0 Å². The van der Waals surface area contributed by atoms with E-state index in [0.717, 1.165) is 5.56 Å². The van der Waals surface area contributed by atoms with Crippen LogP contribution in [0.5, 0.6) is 0 Å². The van der Waals surface area contributed by atoms with Gasteiger partial charge >= 0.3 is 0 Å². The fourth-order valence-corrected chi connectivity index (χ4v) is 0.604. The highest BCUT2D eigenvalue weighted by atomic mass is 35.5. The van der Waals surface area contributed by atoms with Crippen molar-refractivity contribution in [3.8, 4) is 6.07 Å². The van der Waals surface area contributed by atoms with E-state index in [1.165, 1.54) is 6.20 Å². The van der Waals surface area contributed by atoms with Crippen LogP contribution >= 0.6 is 11.6 Å². The molecule has 0 saturated carbocycles. The van der Waals surface area contributed by atoms with E-state index in [9.17, 15) is 0 Å². The summed E-state index contributed by atoms with van der Waals surface area (Å²) in [5.41, 5.74) is 0.778. The molecule has 0 fully saturated rings. The van der Waals surface area contributed by atoms with Crippen molar-refractivity contribution >= 4 is 11.6 Å². The van der Waals surface area contributed by atoms with Gasteiger partial charge in [0.15, 0.2) is 0 Å². The van der Waals surface area contributed by atoms with Crippen molar-refractivity contribution in [1.82, 2.24) is 9.97 Å². The molecule has 0 atom stereocenters. The van der Waals surface area contributed by atoms with Gasteiger partial charge in [-0.1, -0.05) is 11.6 Å². The van der Waals surface area contributed by atoms with Crippen LogP contribution in [0.4, 0.5) is 0 Å². The topological polar surface area (TPSA) is 49.6 Å². The number of nitrogens with zero attached hydrogens (tertiary/aromatic N) is 3. The van der Waals surface area contributed by atoms with Crippen molar-refractivity contribution in [2.45, 2.75) is 6.92 Å². The first-order valence-electron chi connectivity index (χ1n) is 2.63. The third kappa shape index (κ3) is 1.23. The zero-order chi connectivity index (χ0) is 7.56. The Morgan fingerprint density at radius 1 is 1.70 bits per heavy atom. The Hall–Kier alpha value is -1.14. The normalized spacial score (nSPS) is 8.90. The molecule has 10 heavy (non-hydrogen) atoms. The van der Waals surface area contributed by atoms with Crippen molar-refractivity contribution in [2.24, 2.45) is 0 Å². The molecule has 0 aliphatic carbocycles. The van der Waals surface area contributed by atoms with Crippen molar-refractivity contribution in [3.05, 3.63) is 22.7 Å². The number of aromatic nitrogens is 2. The smallest absolute Gasteiger partial charge is 0.227 e. The minimum atomic E-state index is 0.107. The number of rotatable bonds is 0. The van der Waals surface area contributed by atoms with Crippen LogP contribution in [-0.2, 0) is 0 Å². The van der Waals surface area contributed by atoms with Gasteiger partial charge in [-0.25, -0.2) is 9.97 Å². The Morgan fingerprint density at radius 2 is 2.40 bits per heavy atom. The summed E-state index contributed by atoms with van der Waals surface area (Å²) in [6, 6.07) is 1.79. The Labute approximate surface area is 63.3 Å². The zero-order valence-electron chi connectivity index (χ0n) is 5.30. The Bertz CT molecular complexity index is 290. The number of hydrogen-bond donors (Lipinski definition) is 0. The number of hydrogen-bond acceptors (Lipinski definition) is 3. The molecule has 1 aromatic heterocycles. The molecule has 0 saturated heterocycles. The Morgan fingerprint density at radius 3 is 2.90 bits per heavy atom. The largest absolute Gasteiger partial charge is 0.233 e. The highest BCUT2D eigenvalue weighted by Crippen LogP contribution is 2.08. The lowest BCUT2D eigenvalue weighted by molar-refractivity contribution is 1.08. The Kier molecular flexibility index (Phi) is 1.83. The molecular formula is C6H4ClN3. The molecule has 0 bridgehead atoms. The maximum Gasteiger partial charge on any atom is 0.233 e. The second-order valence-electron chi connectivity index (χ2n) is 1.78. The van der Waals surface area contributed by atoms with Gasteiger partial charge in [0.25, 0.3) is 0 Å². The minimum absolute atomic E-state index is 0.107. The van der Waals surface area contributed by atoms with Gasteiger partial charge < -0.3 is 0 Å². The molecule has 1 rings (SSSR count). The lowest BCUT2D eigenvalue weighted by Crippen LogP contribution is -1.90. The number of nitriles is 1. The maximum atomic E-state index is 8.32. The quantitative estimate of drug-likeness (QED) is 0.528. The van der Waals surface area contributed by atoms with Gasteiger partial charge in [-0.15, -0.1) is 0 Å². The molecule has 3 nitrogen and oxygen atoms in total. The molecule has 0 unspecified atom stereocenters. The van der Waals surface area contributed by atoms with Crippen molar-refractivity contribution in [2.75, 3.05) is 0 Å². The molecule has 1 heterocycles. The van der Waals surface area contributed by atoms with Gasteiger partial charge in [-0.3, -0.25) is 0 Å². The summed E-state index contributed by atoms with van der Waals surface area (Å²) in [4.78, 5) is 7.39. The SMILES string of the molecule is Cc1cnc(C#N)nc1Cl. The molecule has 50 valence electrons. The summed E-state index contributed by atoms with van der Waals surface area (Å²) in [6.07, 6.45) is 1.52. The fourth-order valence-electron chi connectivity index (χ4n) is 0.475. The van der Waals surface area contributed by atoms with Gasteiger partial charge in [-0.2, -0.15) is 5.26 Å². The molecule has 0 spiro atoms. The van der Waals surface area contributed by atoms with Crippen LogP contribution in [0.15, 0.2) is 6.20 Å². The summed E-state index contributed by atoms with van der Waals surface area (Å²) in [5, 5.41) is 8.66. The first-order valence-corrected chi connectivity index (χ1v) is 3.01. The Balaban J connectivity index is 3.20. The van der Waals surface area contributed by atoms with Gasteiger partial charge in [0.2, 0.25) is 5.82 Å². The predicted molar refractivity (Wildman–Crippen MR) is 36.5 cm³/mol. The molecule has 0 amide bonds. The third-order valence-electron chi connectivity index (χ3n) is 1.01. The predicted octanol–water partition coefficient (Wildman–Crippen LogP) is 1.31. The summed E-state index contributed by atoms with van der Waals surface area (Å²) in [6.45, 7) is 1.78. The summed E-state index contributed by atoms with van der Waals surface area (Å²) >= 11 is 5.59. The summed E-state index contributed by atoms with van der Waals surface area (Å²) < 4.78 is 0. The van der Waals surface area contributed by atoms with E-state index in [1.54, 1.807) is 13.0 Å². The first-order chi connectivity index (χ1) is 4.74. The van der Waals surface area contributed by atoms with E-state index in [4.69, 9.17) is 16.9 Å². The van der Waals surface area contributed by atoms with Crippen LogP contribution in [0.1, 0.15) is 11.4 Å². The first kappa shape index (κ1) is 6.97. The molecule has 1 aromatic rings. The molecule has 0 aliphatic heterocycles. The van der Waals surface area contributed by atoms with Crippen molar-refractivity contribution < 1.29 is 0 Å². The van der Waals surface area contributed by atoms with E-state index in [-0.39, 0.29) is 5.82 Å². The van der Waals surface area contributed by atoms with Gasteiger partial charge in [-0.05, 0) is 6.92 Å². The molecule has 0 aliphatic rings.